The van der Waals surface area contributed by atoms with Crippen LogP contribution in [0.2, 0.25) is 0 Å². The number of nitrogens with zero attached hydrogens (tertiary/aromatic N) is 1. The highest BCUT2D eigenvalue weighted by atomic mass is 16.7. The van der Waals surface area contributed by atoms with E-state index < -0.39 is 6.29 Å². The van der Waals surface area contributed by atoms with Gasteiger partial charge in [0.15, 0.2) is 6.29 Å². The zero-order valence-electron chi connectivity index (χ0n) is 6.86. The molecule has 0 bridgehead atoms. The summed E-state index contributed by atoms with van der Waals surface area (Å²) in [5, 5.41) is 9.05. The number of aliphatic hydroxyl groups is 1. The molecule has 2 rings (SSSR count). The van der Waals surface area contributed by atoms with Crippen molar-refractivity contribution in [1.82, 2.24) is 4.90 Å². The van der Waals surface area contributed by atoms with E-state index in [4.69, 9.17) is 9.84 Å². The van der Waals surface area contributed by atoms with Crippen molar-refractivity contribution in [2.75, 3.05) is 13.6 Å². The van der Waals surface area contributed by atoms with Crippen LogP contribution in [0.25, 0.3) is 0 Å². The molecule has 11 heavy (non-hydrogen) atoms. The van der Waals surface area contributed by atoms with Crippen molar-refractivity contribution in [3.05, 3.63) is 0 Å². The van der Waals surface area contributed by atoms with Gasteiger partial charge in [0.2, 0.25) is 0 Å². The molecule has 3 nitrogen and oxygen atoms in total. The van der Waals surface area contributed by atoms with Gasteiger partial charge in [-0.15, -0.1) is 0 Å². The molecule has 0 spiro atoms. The van der Waals surface area contributed by atoms with Gasteiger partial charge in [0.25, 0.3) is 0 Å². The largest absolute Gasteiger partial charge is 0.366 e. The average Bonchev–Trinajstić information content (AvgIpc) is 2.68. The summed E-state index contributed by atoms with van der Waals surface area (Å²) in [6.45, 7) is 1.15. The van der Waals surface area contributed by atoms with Gasteiger partial charge in [0, 0.05) is 6.04 Å². The molecular weight excluding hydrogens is 142 g/mol. The summed E-state index contributed by atoms with van der Waals surface area (Å²) < 4.78 is 5.04. The van der Waals surface area contributed by atoms with E-state index in [2.05, 4.69) is 11.9 Å². The molecule has 0 aromatic heterocycles. The highest BCUT2D eigenvalue weighted by molar-refractivity contribution is 4.91. The third-order valence-electron chi connectivity index (χ3n) is 2.71. The maximum Gasteiger partial charge on any atom is 0.183 e. The lowest BCUT2D eigenvalue weighted by atomic mass is 10.0. The van der Waals surface area contributed by atoms with Gasteiger partial charge in [-0.05, 0) is 26.4 Å². The van der Waals surface area contributed by atoms with Crippen LogP contribution in [0.1, 0.15) is 19.3 Å². The third-order valence-corrected chi connectivity index (χ3v) is 2.71. The SMILES string of the molecule is CN1CCCCC1C1OC1O. The van der Waals surface area contributed by atoms with Gasteiger partial charge in [-0.1, -0.05) is 6.42 Å². The Hall–Kier alpha value is -0.120. The first kappa shape index (κ1) is 7.53. The number of rotatable bonds is 1. The summed E-state index contributed by atoms with van der Waals surface area (Å²) in [4.78, 5) is 2.30. The van der Waals surface area contributed by atoms with Crippen LogP contribution in [-0.4, -0.2) is 42.0 Å². The molecule has 2 heterocycles. The minimum atomic E-state index is -0.472. The van der Waals surface area contributed by atoms with Crippen molar-refractivity contribution in [2.45, 2.75) is 37.7 Å². The standard InChI is InChI=1S/C8H15NO2/c1-9-5-3-2-4-6(9)7-8(10)11-7/h6-8,10H,2-5H2,1H3. The van der Waals surface area contributed by atoms with Crippen molar-refractivity contribution >= 4 is 0 Å². The molecule has 3 unspecified atom stereocenters. The van der Waals surface area contributed by atoms with E-state index in [1.54, 1.807) is 0 Å². The summed E-state index contributed by atoms with van der Waals surface area (Å²) in [6.07, 6.45) is 3.39. The fourth-order valence-corrected chi connectivity index (χ4v) is 1.91. The Kier molecular flexibility index (Phi) is 1.87. The maximum atomic E-state index is 9.05. The number of hydrogen-bond donors (Lipinski definition) is 1. The van der Waals surface area contributed by atoms with Gasteiger partial charge in [-0.2, -0.15) is 0 Å². The van der Waals surface area contributed by atoms with Crippen molar-refractivity contribution in [3.63, 3.8) is 0 Å². The van der Waals surface area contributed by atoms with Gasteiger partial charge in [0.05, 0.1) is 0 Å². The first-order valence-electron chi connectivity index (χ1n) is 4.33. The Balaban J connectivity index is 1.90. The molecule has 2 fully saturated rings. The van der Waals surface area contributed by atoms with Gasteiger partial charge in [-0.25, -0.2) is 0 Å². The number of epoxide rings is 1. The maximum absolute atomic E-state index is 9.05. The molecule has 2 aliphatic heterocycles. The lowest BCUT2D eigenvalue weighted by molar-refractivity contribution is 0.145. The number of ether oxygens (including phenoxy) is 1. The second kappa shape index (κ2) is 2.73. The van der Waals surface area contributed by atoms with E-state index in [0.717, 1.165) is 6.54 Å². The zero-order chi connectivity index (χ0) is 7.84. The average molecular weight is 157 g/mol. The molecule has 1 N–H and O–H groups in total. The molecule has 3 heteroatoms. The molecule has 2 saturated heterocycles. The van der Waals surface area contributed by atoms with Gasteiger partial charge < -0.3 is 14.7 Å². The third kappa shape index (κ3) is 1.41. The fraction of sp³-hybridized carbons (Fsp3) is 1.00. The van der Waals surface area contributed by atoms with Crippen LogP contribution in [0.5, 0.6) is 0 Å². The molecule has 2 aliphatic rings. The number of piperidine rings is 1. The van der Waals surface area contributed by atoms with Crippen molar-refractivity contribution in [2.24, 2.45) is 0 Å². The number of hydrogen-bond acceptors (Lipinski definition) is 3. The summed E-state index contributed by atoms with van der Waals surface area (Å²) in [5.74, 6) is 0. The highest BCUT2D eigenvalue weighted by Gasteiger charge is 2.45. The quantitative estimate of drug-likeness (QED) is 0.552. The van der Waals surface area contributed by atoms with E-state index in [-0.39, 0.29) is 6.10 Å². The molecule has 0 aliphatic carbocycles. The van der Waals surface area contributed by atoms with Crippen LogP contribution in [0.3, 0.4) is 0 Å². The van der Waals surface area contributed by atoms with E-state index in [1.807, 2.05) is 0 Å². The van der Waals surface area contributed by atoms with E-state index in [9.17, 15) is 0 Å². The van der Waals surface area contributed by atoms with Crippen molar-refractivity contribution in [1.29, 1.82) is 0 Å². The molecule has 3 atom stereocenters. The molecule has 0 radical (unpaired) electrons. The smallest absolute Gasteiger partial charge is 0.183 e. The number of likely N-dealkylation sites (tertiary alicyclic amines) is 1. The Bertz CT molecular complexity index is 149. The summed E-state index contributed by atoms with van der Waals surface area (Å²) in [7, 11) is 2.11. The molecule has 0 aromatic rings. The minimum Gasteiger partial charge on any atom is -0.366 e. The fourth-order valence-electron chi connectivity index (χ4n) is 1.91. The second-order valence-corrected chi connectivity index (χ2v) is 3.53. The van der Waals surface area contributed by atoms with Crippen LogP contribution in [-0.2, 0) is 4.74 Å². The van der Waals surface area contributed by atoms with E-state index in [0.29, 0.717) is 6.04 Å². The molecular formula is C8H15NO2. The van der Waals surface area contributed by atoms with Crippen LogP contribution >= 0.6 is 0 Å². The van der Waals surface area contributed by atoms with Gasteiger partial charge in [0.1, 0.15) is 6.10 Å². The highest BCUT2D eigenvalue weighted by Crippen LogP contribution is 2.30. The zero-order valence-corrected chi connectivity index (χ0v) is 6.86. The van der Waals surface area contributed by atoms with Crippen molar-refractivity contribution in [3.8, 4) is 0 Å². The molecule has 0 amide bonds. The monoisotopic (exact) mass is 157 g/mol. The minimum absolute atomic E-state index is 0.111. The predicted octanol–water partition coefficient (Wildman–Crippen LogP) is 0.188. The normalized spacial score (nSPS) is 45.8. The lowest BCUT2D eigenvalue weighted by Crippen LogP contribution is -2.40. The van der Waals surface area contributed by atoms with Crippen LogP contribution < -0.4 is 0 Å². The lowest BCUT2D eigenvalue weighted by Gasteiger charge is -2.30. The number of aliphatic hydroxyl groups excluding tert-OH is 1. The molecule has 0 aromatic carbocycles. The summed E-state index contributed by atoms with van der Waals surface area (Å²) in [5.41, 5.74) is 0. The number of likely N-dealkylation sites (N-methyl/N-ethyl adjacent to an activating group) is 1. The van der Waals surface area contributed by atoms with E-state index >= 15 is 0 Å². The molecule has 64 valence electrons. The molecule has 0 saturated carbocycles. The summed E-state index contributed by atoms with van der Waals surface area (Å²) >= 11 is 0. The van der Waals surface area contributed by atoms with Crippen LogP contribution in [0.15, 0.2) is 0 Å². The topological polar surface area (TPSA) is 36.0 Å². The van der Waals surface area contributed by atoms with Crippen molar-refractivity contribution < 1.29 is 9.84 Å². The van der Waals surface area contributed by atoms with Crippen LogP contribution in [0.4, 0.5) is 0 Å². The Morgan fingerprint density at radius 2 is 2.18 bits per heavy atom. The predicted molar refractivity (Wildman–Crippen MR) is 41.1 cm³/mol. The first-order valence-corrected chi connectivity index (χ1v) is 4.33. The first-order chi connectivity index (χ1) is 5.29. The Morgan fingerprint density at radius 3 is 2.73 bits per heavy atom. The summed E-state index contributed by atoms with van der Waals surface area (Å²) in [6, 6.07) is 0.471. The van der Waals surface area contributed by atoms with Crippen LogP contribution in [0, 0.1) is 0 Å². The van der Waals surface area contributed by atoms with Gasteiger partial charge >= 0.3 is 0 Å². The Morgan fingerprint density at radius 1 is 1.45 bits per heavy atom. The van der Waals surface area contributed by atoms with E-state index in [1.165, 1.54) is 19.3 Å². The second-order valence-electron chi connectivity index (χ2n) is 3.53. The van der Waals surface area contributed by atoms with Gasteiger partial charge in [-0.3, -0.25) is 0 Å². The Labute approximate surface area is 66.9 Å².